The summed E-state index contributed by atoms with van der Waals surface area (Å²) in [4.78, 5) is 22.4. The predicted molar refractivity (Wildman–Crippen MR) is 110 cm³/mol. The molecule has 0 saturated heterocycles. The van der Waals surface area contributed by atoms with Crippen LogP contribution in [0.3, 0.4) is 0 Å². The van der Waals surface area contributed by atoms with E-state index < -0.39 is 0 Å². The van der Waals surface area contributed by atoms with Crippen LogP contribution >= 0.6 is 11.3 Å². The molecule has 146 valence electrons. The summed E-state index contributed by atoms with van der Waals surface area (Å²) in [5, 5.41) is 3.47. The summed E-state index contributed by atoms with van der Waals surface area (Å²) in [6.45, 7) is 2.61. The zero-order valence-corrected chi connectivity index (χ0v) is 16.7. The van der Waals surface area contributed by atoms with Crippen molar-refractivity contribution >= 4 is 22.4 Å². The summed E-state index contributed by atoms with van der Waals surface area (Å²) in [7, 11) is 0. The van der Waals surface area contributed by atoms with Crippen LogP contribution in [-0.4, -0.2) is 26.5 Å². The Morgan fingerprint density at radius 1 is 1.25 bits per heavy atom. The number of aryl methyl sites for hydroxylation is 1. The molecule has 1 amide bonds. The number of hydrogen-bond donors (Lipinski definition) is 1. The van der Waals surface area contributed by atoms with Gasteiger partial charge in [0.2, 0.25) is 5.91 Å². The smallest absolute Gasteiger partial charge is 0.232 e. The molecule has 7 heteroatoms. The molecule has 0 spiro atoms. The molecular weight excluding hydrogens is 372 g/mol. The molecule has 3 aromatic rings. The Labute approximate surface area is 168 Å². The van der Waals surface area contributed by atoms with Gasteiger partial charge in [-0.2, -0.15) is 0 Å². The average Bonchev–Trinajstić information content (AvgIpc) is 3.39. The van der Waals surface area contributed by atoms with Gasteiger partial charge >= 0.3 is 0 Å². The van der Waals surface area contributed by atoms with Crippen molar-refractivity contribution in [2.45, 2.75) is 51.7 Å². The minimum absolute atomic E-state index is 0.119. The molecule has 1 N–H and O–H groups in total. The Morgan fingerprint density at radius 2 is 2.00 bits per heavy atom. The van der Waals surface area contributed by atoms with E-state index in [2.05, 4.69) is 14.9 Å². The molecule has 28 heavy (non-hydrogen) atoms. The first-order valence-electron chi connectivity index (χ1n) is 9.63. The van der Waals surface area contributed by atoms with Crippen molar-refractivity contribution in [1.82, 2.24) is 14.5 Å². The van der Waals surface area contributed by atoms with Gasteiger partial charge in [-0.05, 0) is 44.7 Å². The number of amides is 1. The number of anilines is 1. The lowest BCUT2D eigenvalue weighted by Crippen LogP contribution is -2.17. The highest BCUT2D eigenvalue weighted by Crippen LogP contribution is 2.25. The van der Waals surface area contributed by atoms with E-state index >= 15 is 0 Å². The molecule has 1 fully saturated rings. The Hall–Kier alpha value is -2.67. The van der Waals surface area contributed by atoms with Gasteiger partial charge in [0.05, 0.1) is 30.5 Å². The van der Waals surface area contributed by atoms with Crippen molar-refractivity contribution in [1.29, 1.82) is 0 Å². The summed E-state index contributed by atoms with van der Waals surface area (Å²) in [5.41, 5.74) is 1.60. The fourth-order valence-corrected chi connectivity index (χ4v) is 4.14. The molecule has 0 bridgehead atoms. The molecule has 0 radical (unpaired) electrons. The number of nitrogens with zero attached hydrogens (tertiary/aromatic N) is 3. The zero-order chi connectivity index (χ0) is 19.3. The van der Waals surface area contributed by atoms with Crippen LogP contribution in [0.5, 0.6) is 5.75 Å². The quantitative estimate of drug-likeness (QED) is 0.650. The summed E-state index contributed by atoms with van der Waals surface area (Å²) >= 11 is 1.47. The maximum atomic E-state index is 12.4. The Bertz CT molecular complexity index is 930. The van der Waals surface area contributed by atoms with Crippen LogP contribution in [0.25, 0.3) is 0 Å². The molecular formula is C21H24N4O2S. The summed E-state index contributed by atoms with van der Waals surface area (Å²) in [5.74, 6) is 0.684. The van der Waals surface area contributed by atoms with Gasteiger partial charge in [-0.25, -0.2) is 4.98 Å². The molecule has 1 saturated carbocycles. The fraction of sp³-hybridized carbons (Fsp3) is 0.381. The molecule has 3 heterocycles. The monoisotopic (exact) mass is 396 g/mol. The van der Waals surface area contributed by atoms with Crippen molar-refractivity contribution in [2.24, 2.45) is 0 Å². The summed E-state index contributed by atoms with van der Waals surface area (Å²) < 4.78 is 8.25. The van der Waals surface area contributed by atoms with Crippen LogP contribution in [0, 0.1) is 6.92 Å². The lowest BCUT2D eigenvalue weighted by atomic mass is 10.2. The summed E-state index contributed by atoms with van der Waals surface area (Å²) in [6, 6.07) is 7.86. The van der Waals surface area contributed by atoms with Crippen LogP contribution in [-0.2, 0) is 17.8 Å². The number of carbonyl (C=O) groups excluding carboxylic acids is 1. The number of carbonyl (C=O) groups is 1. The van der Waals surface area contributed by atoms with E-state index in [9.17, 15) is 4.79 Å². The zero-order valence-electron chi connectivity index (χ0n) is 15.9. The molecule has 0 aliphatic heterocycles. The second kappa shape index (κ2) is 8.56. The maximum Gasteiger partial charge on any atom is 0.232 e. The lowest BCUT2D eigenvalue weighted by molar-refractivity contribution is -0.115. The normalized spacial score (nSPS) is 14.3. The predicted octanol–water partition coefficient (Wildman–Crippen LogP) is 4.20. The SMILES string of the molecule is Cc1cnc(NC(=O)Cc2cc(OC3CCCC3)cc(Cn3cccc3)n2)s1. The lowest BCUT2D eigenvalue weighted by Gasteiger charge is -2.15. The minimum Gasteiger partial charge on any atom is -0.490 e. The third-order valence-corrected chi connectivity index (χ3v) is 5.56. The van der Waals surface area contributed by atoms with Crippen molar-refractivity contribution in [3.05, 3.63) is 59.1 Å². The van der Waals surface area contributed by atoms with E-state index in [1.165, 1.54) is 24.2 Å². The molecule has 0 aromatic carbocycles. The van der Waals surface area contributed by atoms with Gasteiger partial charge in [0.1, 0.15) is 5.75 Å². The molecule has 1 aliphatic rings. The van der Waals surface area contributed by atoms with E-state index in [0.717, 1.165) is 29.2 Å². The minimum atomic E-state index is -0.119. The van der Waals surface area contributed by atoms with Crippen LogP contribution in [0.2, 0.25) is 0 Å². The average molecular weight is 397 g/mol. The number of pyridine rings is 1. The number of nitrogens with one attached hydrogen (secondary N) is 1. The van der Waals surface area contributed by atoms with Gasteiger partial charge in [-0.15, -0.1) is 11.3 Å². The van der Waals surface area contributed by atoms with E-state index in [0.29, 0.717) is 17.4 Å². The largest absolute Gasteiger partial charge is 0.490 e. The molecule has 0 atom stereocenters. The van der Waals surface area contributed by atoms with Gasteiger partial charge in [-0.3, -0.25) is 9.78 Å². The molecule has 4 rings (SSSR count). The van der Waals surface area contributed by atoms with E-state index in [4.69, 9.17) is 9.72 Å². The standard InChI is InChI=1S/C21H24N4O2S/c1-15-13-22-21(28-15)24-20(26)12-16-10-19(27-18-6-2-3-7-18)11-17(23-16)14-25-8-4-5-9-25/h4-5,8-11,13,18H,2-3,6-7,12,14H2,1H3,(H,22,24,26). The topological polar surface area (TPSA) is 69.0 Å². The number of aromatic nitrogens is 3. The van der Waals surface area contributed by atoms with Gasteiger partial charge in [0.15, 0.2) is 5.13 Å². The Morgan fingerprint density at radius 3 is 2.71 bits per heavy atom. The number of rotatable bonds is 7. The molecule has 0 unspecified atom stereocenters. The molecule has 3 aromatic heterocycles. The van der Waals surface area contributed by atoms with Crippen molar-refractivity contribution in [3.8, 4) is 5.75 Å². The first-order valence-corrected chi connectivity index (χ1v) is 10.5. The first-order chi connectivity index (χ1) is 13.6. The van der Waals surface area contributed by atoms with Gasteiger partial charge in [-0.1, -0.05) is 0 Å². The van der Waals surface area contributed by atoms with Crippen molar-refractivity contribution < 1.29 is 9.53 Å². The third kappa shape index (κ3) is 4.98. The second-order valence-electron chi connectivity index (χ2n) is 7.17. The van der Waals surface area contributed by atoms with Crippen LogP contribution in [0.1, 0.15) is 41.9 Å². The maximum absolute atomic E-state index is 12.4. The van der Waals surface area contributed by atoms with Crippen LogP contribution in [0.4, 0.5) is 5.13 Å². The van der Waals surface area contributed by atoms with E-state index in [-0.39, 0.29) is 18.4 Å². The number of ether oxygens (including phenoxy) is 1. The molecule has 1 aliphatic carbocycles. The van der Waals surface area contributed by atoms with Crippen LogP contribution in [0.15, 0.2) is 42.9 Å². The van der Waals surface area contributed by atoms with Gasteiger partial charge < -0.3 is 14.6 Å². The summed E-state index contributed by atoms with van der Waals surface area (Å²) in [6.07, 6.45) is 10.8. The van der Waals surface area contributed by atoms with Crippen molar-refractivity contribution in [2.75, 3.05) is 5.32 Å². The van der Waals surface area contributed by atoms with Crippen LogP contribution < -0.4 is 10.1 Å². The Kier molecular flexibility index (Phi) is 5.71. The highest BCUT2D eigenvalue weighted by atomic mass is 32.1. The van der Waals surface area contributed by atoms with E-state index in [1.54, 1.807) is 6.20 Å². The first kappa shape index (κ1) is 18.7. The third-order valence-electron chi connectivity index (χ3n) is 4.73. The Balaban J connectivity index is 1.50. The van der Waals surface area contributed by atoms with Crippen molar-refractivity contribution in [3.63, 3.8) is 0 Å². The fourth-order valence-electron chi connectivity index (χ4n) is 3.46. The van der Waals surface area contributed by atoms with Gasteiger partial charge in [0.25, 0.3) is 0 Å². The van der Waals surface area contributed by atoms with Gasteiger partial charge in [0, 0.05) is 35.6 Å². The highest BCUT2D eigenvalue weighted by Gasteiger charge is 2.18. The molecule has 6 nitrogen and oxygen atoms in total. The second-order valence-corrected chi connectivity index (χ2v) is 8.40. The van der Waals surface area contributed by atoms with E-state index in [1.807, 2.05) is 43.6 Å². The number of thiazole rings is 1. The number of hydrogen-bond acceptors (Lipinski definition) is 5. The highest BCUT2D eigenvalue weighted by molar-refractivity contribution is 7.15.